The van der Waals surface area contributed by atoms with Crippen LogP contribution in [0, 0.1) is 17.8 Å². The van der Waals surface area contributed by atoms with Crippen molar-refractivity contribution in [2.45, 2.75) is 55.3 Å². The second-order valence-corrected chi connectivity index (χ2v) is 11.7. The molecule has 7 atom stereocenters. The maximum absolute atomic E-state index is 14.4. The molecule has 0 aliphatic carbocycles. The van der Waals surface area contributed by atoms with E-state index in [0.717, 1.165) is 12.0 Å². The second-order valence-electron chi connectivity index (χ2n) is 10.2. The molecule has 3 aliphatic rings. The van der Waals surface area contributed by atoms with Crippen molar-refractivity contribution in [3.63, 3.8) is 0 Å². The summed E-state index contributed by atoms with van der Waals surface area (Å²) in [6, 6.07) is 7.65. The summed E-state index contributed by atoms with van der Waals surface area (Å²) in [6.07, 6.45) is 3.92. The Morgan fingerprint density at radius 3 is 2.56 bits per heavy atom. The van der Waals surface area contributed by atoms with E-state index in [1.54, 1.807) is 27.6 Å². The zero-order valence-corrected chi connectivity index (χ0v) is 22.0. The summed E-state index contributed by atoms with van der Waals surface area (Å²) >= 11 is 1.60. The van der Waals surface area contributed by atoms with E-state index < -0.39 is 34.6 Å². The monoisotopic (exact) mass is 512 g/mol. The summed E-state index contributed by atoms with van der Waals surface area (Å²) in [5, 5.41) is 10.5. The number of hydrogen-bond donors (Lipinski definition) is 1. The lowest BCUT2D eigenvalue weighted by atomic mass is 9.66. The van der Waals surface area contributed by atoms with Gasteiger partial charge >= 0.3 is 5.97 Å². The summed E-state index contributed by atoms with van der Waals surface area (Å²) in [7, 11) is 0. The number of carbonyl (C=O) groups is 3. The first-order valence-electron chi connectivity index (χ1n) is 12.6. The molecule has 1 aromatic rings. The van der Waals surface area contributed by atoms with Gasteiger partial charge in [-0.2, -0.15) is 0 Å². The van der Waals surface area contributed by atoms with Crippen LogP contribution >= 0.6 is 11.8 Å². The van der Waals surface area contributed by atoms with Crippen molar-refractivity contribution in [3.8, 4) is 0 Å². The molecular formula is C28H36N2O5S. The number of amides is 2. The van der Waals surface area contributed by atoms with E-state index in [-0.39, 0.29) is 42.2 Å². The van der Waals surface area contributed by atoms with Crippen LogP contribution in [0.2, 0.25) is 0 Å². The Labute approximate surface area is 217 Å². The Morgan fingerprint density at radius 1 is 1.28 bits per heavy atom. The first-order chi connectivity index (χ1) is 17.2. The molecule has 194 valence electrons. The number of ether oxygens (including phenoxy) is 1. The van der Waals surface area contributed by atoms with Crippen LogP contribution in [0.25, 0.3) is 0 Å². The van der Waals surface area contributed by atoms with E-state index >= 15 is 0 Å². The van der Waals surface area contributed by atoms with Crippen molar-refractivity contribution in [2.24, 2.45) is 17.8 Å². The summed E-state index contributed by atoms with van der Waals surface area (Å²) in [4.78, 5) is 45.2. The van der Waals surface area contributed by atoms with Crippen LogP contribution in [0.1, 0.15) is 38.8 Å². The highest BCUT2D eigenvalue weighted by molar-refractivity contribution is 8.02. The third-order valence-electron chi connectivity index (χ3n) is 7.96. The van der Waals surface area contributed by atoms with E-state index in [4.69, 9.17) is 4.74 Å². The molecule has 1 spiro atoms. The molecule has 1 aromatic carbocycles. The molecular weight excluding hydrogens is 476 g/mol. The smallest absolute Gasteiger partial charge is 0.311 e. The van der Waals surface area contributed by atoms with Crippen molar-refractivity contribution in [1.29, 1.82) is 0 Å². The fourth-order valence-corrected chi connectivity index (χ4v) is 8.85. The molecule has 2 bridgehead atoms. The van der Waals surface area contributed by atoms with Crippen LogP contribution in [0.4, 0.5) is 0 Å². The minimum absolute atomic E-state index is 0.0247. The van der Waals surface area contributed by atoms with E-state index in [0.29, 0.717) is 6.54 Å². The summed E-state index contributed by atoms with van der Waals surface area (Å²) < 4.78 is 4.66. The van der Waals surface area contributed by atoms with E-state index in [1.807, 2.05) is 44.2 Å². The molecule has 3 fully saturated rings. The van der Waals surface area contributed by atoms with Crippen LogP contribution in [0.15, 0.2) is 55.6 Å². The molecule has 4 rings (SSSR count). The average molecular weight is 513 g/mol. The minimum atomic E-state index is -0.822. The van der Waals surface area contributed by atoms with Crippen molar-refractivity contribution in [2.75, 3.05) is 19.8 Å². The van der Waals surface area contributed by atoms with Crippen LogP contribution < -0.4 is 0 Å². The number of benzene rings is 1. The van der Waals surface area contributed by atoms with Gasteiger partial charge in [0.25, 0.3) is 0 Å². The Hall–Kier alpha value is -2.58. The molecule has 2 amide bonds. The van der Waals surface area contributed by atoms with Gasteiger partial charge in [-0.05, 0) is 31.7 Å². The predicted octanol–water partition coefficient (Wildman–Crippen LogP) is 3.21. The summed E-state index contributed by atoms with van der Waals surface area (Å²) in [5.74, 6) is -2.16. The molecule has 0 saturated carbocycles. The SMILES string of the molecule is C=CCOC(=O)[C@@H]1[C@H]2C(=O)N([C@H](CO)c3ccccc3)C(C(=O)N(CC=C)C(C)C)C23S[C@@H]1CC3C. The quantitative estimate of drug-likeness (QED) is 0.383. The molecule has 3 saturated heterocycles. The molecule has 3 aliphatic heterocycles. The van der Waals surface area contributed by atoms with Crippen molar-refractivity contribution in [3.05, 3.63) is 61.2 Å². The summed E-state index contributed by atoms with van der Waals surface area (Å²) in [5.41, 5.74) is 0.750. The molecule has 36 heavy (non-hydrogen) atoms. The Bertz CT molecular complexity index is 1030. The van der Waals surface area contributed by atoms with Crippen LogP contribution in [0.3, 0.4) is 0 Å². The highest BCUT2D eigenvalue weighted by Crippen LogP contribution is 2.69. The van der Waals surface area contributed by atoms with Gasteiger partial charge in [-0.25, -0.2) is 0 Å². The number of likely N-dealkylation sites (tertiary alicyclic amines) is 1. The predicted molar refractivity (Wildman–Crippen MR) is 140 cm³/mol. The number of aliphatic hydroxyl groups excluding tert-OH is 1. The lowest BCUT2D eigenvalue weighted by Gasteiger charge is -2.42. The van der Waals surface area contributed by atoms with E-state index in [9.17, 15) is 19.5 Å². The van der Waals surface area contributed by atoms with Gasteiger partial charge in [0.05, 0.1) is 29.2 Å². The van der Waals surface area contributed by atoms with Crippen LogP contribution in [0.5, 0.6) is 0 Å². The largest absolute Gasteiger partial charge is 0.461 e. The zero-order chi connectivity index (χ0) is 26.2. The number of thioether (sulfide) groups is 1. The Kier molecular flexibility index (Phi) is 7.67. The Balaban J connectivity index is 1.86. The van der Waals surface area contributed by atoms with Crippen molar-refractivity contribution < 1.29 is 24.2 Å². The topological polar surface area (TPSA) is 87.1 Å². The molecule has 1 N–H and O–H groups in total. The van der Waals surface area contributed by atoms with Crippen LogP contribution in [-0.2, 0) is 19.1 Å². The van der Waals surface area contributed by atoms with Gasteiger partial charge in [0, 0.05) is 17.8 Å². The fraction of sp³-hybridized carbons (Fsp3) is 0.536. The van der Waals surface area contributed by atoms with E-state index in [2.05, 4.69) is 20.1 Å². The third-order valence-corrected chi connectivity index (χ3v) is 10.0. The van der Waals surface area contributed by atoms with Gasteiger partial charge in [0.15, 0.2) is 0 Å². The number of aliphatic hydroxyl groups is 1. The fourth-order valence-electron chi connectivity index (χ4n) is 6.46. The second kappa shape index (κ2) is 10.4. The Morgan fingerprint density at radius 2 is 1.97 bits per heavy atom. The third kappa shape index (κ3) is 3.98. The number of carbonyl (C=O) groups excluding carboxylic acids is 3. The molecule has 7 nitrogen and oxygen atoms in total. The number of nitrogens with zero attached hydrogens (tertiary/aromatic N) is 2. The van der Waals surface area contributed by atoms with Gasteiger partial charge in [-0.3, -0.25) is 14.4 Å². The highest BCUT2D eigenvalue weighted by atomic mass is 32.2. The lowest BCUT2D eigenvalue weighted by Crippen LogP contribution is -2.58. The minimum Gasteiger partial charge on any atom is -0.461 e. The number of hydrogen-bond acceptors (Lipinski definition) is 6. The first-order valence-corrected chi connectivity index (χ1v) is 13.5. The van der Waals surface area contributed by atoms with Gasteiger partial charge in [-0.1, -0.05) is 56.0 Å². The molecule has 3 unspecified atom stereocenters. The molecule has 0 aromatic heterocycles. The van der Waals surface area contributed by atoms with Crippen molar-refractivity contribution in [1.82, 2.24) is 9.80 Å². The molecule has 8 heteroatoms. The van der Waals surface area contributed by atoms with Gasteiger partial charge in [0.1, 0.15) is 12.6 Å². The molecule has 0 radical (unpaired) electrons. The highest BCUT2D eigenvalue weighted by Gasteiger charge is 2.77. The van der Waals surface area contributed by atoms with Gasteiger partial charge < -0.3 is 19.6 Å². The lowest BCUT2D eigenvalue weighted by molar-refractivity contribution is -0.154. The number of rotatable bonds is 10. The first kappa shape index (κ1) is 26.5. The normalized spacial score (nSPS) is 31.3. The average Bonchev–Trinajstić information content (AvgIpc) is 3.46. The maximum atomic E-state index is 14.4. The molecule has 3 heterocycles. The van der Waals surface area contributed by atoms with Crippen molar-refractivity contribution >= 4 is 29.5 Å². The maximum Gasteiger partial charge on any atom is 0.311 e. The number of esters is 1. The van der Waals surface area contributed by atoms with Crippen LogP contribution in [-0.4, -0.2) is 74.5 Å². The number of fused-ring (bicyclic) bond motifs is 1. The van der Waals surface area contributed by atoms with Gasteiger partial charge in [-0.15, -0.1) is 18.3 Å². The van der Waals surface area contributed by atoms with E-state index in [1.165, 1.54) is 6.08 Å². The zero-order valence-electron chi connectivity index (χ0n) is 21.2. The van der Waals surface area contributed by atoms with Gasteiger partial charge in [0.2, 0.25) is 11.8 Å². The summed E-state index contributed by atoms with van der Waals surface area (Å²) in [6.45, 7) is 13.5. The standard InChI is InChI=1S/C28H36N2O5S/c1-6-13-29(17(3)4)26(33)24-28-18(5)15-21(36-28)22(27(34)35-14-7-2)23(28)25(32)30(24)20(16-31)19-11-9-8-10-12-19/h6-12,17-18,20-24,31H,1-2,13-16H2,3-5H3/t18?,20-,21-,22+,23+,24?,28?/m1/s1.